The van der Waals surface area contributed by atoms with Gasteiger partial charge in [0.15, 0.2) is 0 Å². The lowest BCUT2D eigenvalue weighted by Crippen LogP contribution is -2.40. The molecule has 2 nitrogen and oxygen atoms in total. The summed E-state index contributed by atoms with van der Waals surface area (Å²) in [6.07, 6.45) is 5.05. The van der Waals surface area contributed by atoms with Gasteiger partial charge in [-0.3, -0.25) is 4.79 Å². The highest BCUT2D eigenvalue weighted by Gasteiger charge is 2.30. The van der Waals surface area contributed by atoms with Crippen molar-refractivity contribution in [2.75, 3.05) is 0 Å². The monoisotopic (exact) mass is 153 g/mol. The van der Waals surface area contributed by atoms with Crippen molar-refractivity contribution in [1.82, 2.24) is 0 Å². The van der Waals surface area contributed by atoms with Crippen LogP contribution in [0, 0.1) is 5.92 Å². The number of allylic oxidation sites excluding steroid dienone is 1. The van der Waals surface area contributed by atoms with E-state index in [1.54, 1.807) is 6.08 Å². The zero-order chi connectivity index (χ0) is 8.27. The average molecular weight is 153 g/mol. The average Bonchev–Trinajstić information content (AvgIpc) is 1.94. The largest absolute Gasteiger partial charge is 0.328 e. The van der Waals surface area contributed by atoms with Crippen LogP contribution in [-0.4, -0.2) is 11.8 Å². The molecule has 0 heterocycles. The topological polar surface area (TPSA) is 43.1 Å². The summed E-state index contributed by atoms with van der Waals surface area (Å²) < 4.78 is 0. The van der Waals surface area contributed by atoms with Gasteiger partial charge in [-0.25, -0.2) is 0 Å². The molecule has 11 heavy (non-hydrogen) atoms. The van der Waals surface area contributed by atoms with Crippen molar-refractivity contribution in [1.29, 1.82) is 0 Å². The van der Waals surface area contributed by atoms with Crippen LogP contribution in [0.3, 0.4) is 0 Å². The molecule has 0 aromatic heterocycles. The van der Waals surface area contributed by atoms with Gasteiger partial charge in [-0.1, -0.05) is 6.08 Å². The van der Waals surface area contributed by atoms with E-state index < -0.39 is 0 Å². The quantitative estimate of drug-likeness (QED) is 0.618. The molecule has 0 radical (unpaired) electrons. The Hall–Kier alpha value is -0.630. The third-order valence-corrected chi connectivity index (χ3v) is 2.22. The fourth-order valence-corrected chi connectivity index (χ4v) is 1.37. The van der Waals surface area contributed by atoms with E-state index in [9.17, 15) is 4.79 Å². The van der Waals surface area contributed by atoms with Crippen molar-refractivity contribution in [2.24, 2.45) is 11.7 Å². The first kappa shape index (κ1) is 8.47. The molecule has 0 unspecified atom stereocenters. The fourth-order valence-electron chi connectivity index (χ4n) is 1.37. The molecular formula is C9H15NO. The van der Waals surface area contributed by atoms with E-state index >= 15 is 0 Å². The molecule has 0 atom stereocenters. The van der Waals surface area contributed by atoms with Crippen LogP contribution in [0.1, 0.15) is 25.7 Å². The molecule has 0 spiro atoms. The summed E-state index contributed by atoms with van der Waals surface area (Å²) in [5.41, 5.74) is 5.56. The van der Waals surface area contributed by atoms with Crippen LogP contribution in [0.15, 0.2) is 12.7 Å². The Morgan fingerprint density at radius 1 is 1.64 bits per heavy atom. The third-order valence-electron chi connectivity index (χ3n) is 2.22. The summed E-state index contributed by atoms with van der Waals surface area (Å²) in [5, 5.41) is 0. The second kappa shape index (κ2) is 3.67. The summed E-state index contributed by atoms with van der Waals surface area (Å²) in [4.78, 5) is 11.2. The Labute approximate surface area is 67.5 Å². The minimum absolute atomic E-state index is 0.268. The van der Waals surface area contributed by atoms with E-state index in [2.05, 4.69) is 6.58 Å². The van der Waals surface area contributed by atoms with Gasteiger partial charge in [0.2, 0.25) is 0 Å². The molecule has 0 aromatic carbocycles. The highest BCUT2D eigenvalue weighted by atomic mass is 16.1. The number of Topliss-reactive ketones (excluding diaryl/α,β-unsaturated/α-hetero) is 1. The van der Waals surface area contributed by atoms with Crippen molar-refractivity contribution < 1.29 is 4.79 Å². The van der Waals surface area contributed by atoms with Gasteiger partial charge in [-0.15, -0.1) is 6.58 Å². The second-order valence-corrected chi connectivity index (χ2v) is 3.22. The molecule has 1 rings (SSSR count). The Balaban J connectivity index is 2.16. The van der Waals surface area contributed by atoms with Crippen molar-refractivity contribution in [3.63, 3.8) is 0 Å². The molecule has 1 aliphatic carbocycles. The van der Waals surface area contributed by atoms with Crippen LogP contribution in [0.25, 0.3) is 0 Å². The third kappa shape index (κ3) is 2.15. The molecule has 62 valence electrons. The maximum atomic E-state index is 11.2. The number of ketones is 1. The standard InChI is InChI=1S/C9H15NO/c1-2-3-4-9(11)7-5-8(10)6-7/h2,7-8H,1,3-6,10H2. The number of nitrogens with two attached hydrogens (primary N) is 1. The summed E-state index contributed by atoms with van der Waals surface area (Å²) >= 11 is 0. The zero-order valence-electron chi connectivity index (χ0n) is 6.75. The van der Waals surface area contributed by atoms with Gasteiger partial charge in [0.05, 0.1) is 0 Å². The number of hydrogen-bond acceptors (Lipinski definition) is 2. The predicted octanol–water partition coefficient (Wildman–Crippen LogP) is 1.26. The van der Waals surface area contributed by atoms with Crippen LogP contribution in [0.4, 0.5) is 0 Å². The molecular weight excluding hydrogens is 138 g/mol. The normalized spacial score (nSPS) is 29.2. The first-order chi connectivity index (χ1) is 5.24. The van der Waals surface area contributed by atoms with Crippen LogP contribution < -0.4 is 5.73 Å². The lowest BCUT2D eigenvalue weighted by molar-refractivity contribution is -0.125. The lowest BCUT2D eigenvalue weighted by Gasteiger charge is -2.30. The minimum Gasteiger partial charge on any atom is -0.328 e. The minimum atomic E-state index is 0.268. The van der Waals surface area contributed by atoms with Crippen LogP contribution in [0.5, 0.6) is 0 Å². The molecule has 2 heteroatoms. The predicted molar refractivity (Wildman–Crippen MR) is 45.1 cm³/mol. The van der Waals surface area contributed by atoms with E-state index in [1.165, 1.54) is 0 Å². The fraction of sp³-hybridized carbons (Fsp3) is 0.667. The molecule has 0 amide bonds. The molecule has 1 aliphatic rings. The lowest BCUT2D eigenvalue weighted by atomic mass is 9.77. The van der Waals surface area contributed by atoms with Gasteiger partial charge < -0.3 is 5.73 Å². The maximum Gasteiger partial charge on any atom is 0.136 e. The Morgan fingerprint density at radius 3 is 2.73 bits per heavy atom. The van der Waals surface area contributed by atoms with Crippen LogP contribution in [0.2, 0.25) is 0 Å². The molecule has 1 fully saturated rings. The van der Waals surface area contributed by atoms with Gasteiger partial charge in [-0.05, 0) is 19.3 Å². The van der Waals surface area contributed by atoms with Gasteiger partial charge in [-0.2, -0.15) is 0 Å². The summed E-state index contributed by atoms with van der Waals surface area (Å²) in [7, 11) is 0. The number of hydrogen-bond donors (Lipinski definition) is 1. The first-order valence-electron chi connectivity index (χ1n) is 4.13. The van der Waals surface area contributed by atoms with Gasteiger partial charge in [0.1, 0.15) is 5.78 Å². The van der Waals surface area contributed by atoms with Crippen LogP contribution in [-0.2, 0) is 4.79 Å². The van der Waals surface area contributed by atoms with E-state index in [0.717, 1.165) is 19.3 Å². The molecule has 0 bridgehead atoms. The highest BCUT2D eigenvalue weighted by molar-refractivity contribution is 5.82. The van der Waals surface area contributed by atoms with Crippen molar-refractivity contribution in [3.05, 3.63) is 12.7 Å². The Bertz CT molecular complexity index is 159. The van der Waals surface area contributed by atoms with Gasteiger partial charge in [0, 0.05) is 18.4 Å². The van der Waals surface area contributed by atoms with Gasteiger partial charge >= 0.3 is 0 Å². The number of carbonyl (C=O) groups excluding carboxylic acids is 1. The SMILES string of the molecule is C=CCCC(=O)C1CC(N)C1. The van der Waals surface area contributed by atoms with E-state index in [4.69, 9.17) is 5.73 Å². The Morgan fingerprint density at radius 2 is 2.27 bits per heavy atom. The smallest absolute Gasteiger partial charge is 0.136 e. The van der Waals surface area contributed by atoms with E-state index in [0.29, 0.717) is 12.2 Å². The molecule has 0 aromatic rings. The second-order valence-electron chi connectivity index (χ2n) is 3.22. The zero-order valence-corrected chi connectivity index (χ0v) is 6.75. The van der Waals surface area contributed by atoms with Crippen molar-refractivity contribution in [2.45, 2.75) is 31.7 Å². The molecule has 0 saturated heterocycles. The van der Waals surface area contributed by atoms with Crippen molar-refractivity contribution in [3.8, 4) is 0 Å². The summed E-state index contributed by atoms with van der Waals surface area (Å²) in [5.74, 6) is 0.636. The highest BCUT2D eigenvalue weighted by Crippen LogP contribution is 2.27. The summed E-state index contributed by atoms with van der Waals surface area (Å²) in [6, 6.07) is 0.285. The summed E-state index contributed by atoms with van der Waals surface area (Å²) in [6.45, 7) is 3.57. The van der Waals surface area contributed by atoms with E-state index in [-0.39, 0.29) is 12.0 Å². The molecule has 1 saturated carbocycles. The van der Waals surface area contributed by atoms with E-state index in [1.807, 2.05) is 0 Å². The van der Waals surface area contributed by atoms with Crippen molar-refractivity contribution >= 4 is 5.78 Å². The molecule has 0 aliphatic heterocycles. The number of carbonyl (C=O) groups is 1. The molecule has 2 N–H and O–H groups in total. The van der Waals surface area contributed by atoms with Gasteiger partial charge in [0.25, 0.3) is 0 Å². The number of rotatable bonds is 4. The maximum absolute atomic E-state index is 11.2. The Kier molecular flexibility index (Phi) is 2.83. The first-order valence-corrected chi connectivity index (χ1v) is 4.13. The van der Waals surface area contributed by atoms with Crippen LogP contribution >= 0.6 is 0 Å².